The number of Topliss-reactive ketones (excluding diaryl/α,β-unsaturated/α-hetero) is 1. The van der Waals surface area contributed by atoms with Crippen LogP contribution in [-0.4, -0.2) is 40.0 Å². The molecule has 30 heavy (non-hydrogen) atoms. The highest BCUT2D eigenvalue weighted by Crippen LogP contribution is 2.37. The van der Waals surface area contributed by atoms with Gasteiger partial charge in [-0.05, 0) is 50.0 Å². The third-order valence-corrected chi connectivity index (χ3v) is 6.69. The van der Waals surface area contributed by atoms with E-state index in [1.165, 1.54) is 32.3 Å². The molecule has 1 rings (SSSR count). The maximum atomic E-state index is 12.8. The summed E-state index contributed by atoms with van der Waals surface area (Å²) in [7, 11) is -0.0384. The van der Waals surface area contributed by atoms with E-state index in [0.29, 0.717) is 36.7 Å². The van der Waals surface area contributed by atoms with Crippen LogP contribution in [0.2, 0.25) is 0 Å². The number of rotatable bonds is 14. The first kappa shape index (κ1) is 26.8. The van der Waals surface area contributed by atoms with E-state index in [1.807, 2.05) is 0 Å². The third-order valence-electron chi connectivity index (χ3n) is 5.77. The van der Waals surface area contributed by atoms with Gasteiger partial charge in [-0.1, -0.05) is 52.5 Å². The molecule has 0 saturated heterocycles. The van der Waals surface area contributed by atoms with Crippen molar-refractivity contribution in [3.8, 4) is 0 Å². The number of hydrogen-bond donors (Lipinski definition) is 1. The molecule has 3 atom stereocenters. The Balaban J connectivity index is 2.69. The minimum atomic E-state index is -1.42. The van der Waals surface area contributed by atoms with Crippen molar-refractivity contribution >= 4 is 22.6 Å². The molecule has 0 fully saturated rings. The average Bonchev–Trinajstić information content (AvgIpc) is 2.93. The summed E-state index contributed by atoms with van der Waals surface area (Å²) in [4.78, 5) is 24.1. The highest BCUT2D eigenvalue weighted by Gasteiger charge is 2.42. The van der Waals surface area contributed by atoms with Gasteiger partial charge in [-0.3, -0.25) is 13.8 Å². The van der Waals surface area contributed by atoms with Crippen LogP contribution in [0.3, 0.4) is 0 Å². The summed E-state index contributed by atoms with van der Waals surface area (Å²) in [5.74, 6) is 0.656. The van der Waals surface area contributed by atoms with Gasteiger partial charge >= 0.3 is 5.97 Å². The first-order chi connectivity index (χ1) is 14.1. The Morgan fingerprint density at radius 1 is 1.17 bits per heavy atom. The Hall–Kier alpha value is -1.27. The molecule has 0 radical (unpaired) electrons. The third kappa shape index (κ3) is 8.84. The SMILES string of the molecule is COC(=O)CCCCCC=C1C(=O)C(S(C)=O)=CC1(O)CCC(C)CCCC(C)C. The predicted octanol–water partition coefficient (Wildman–Crippen LogP) is 4.86. The molecule has 1 aliphatic carbocycles. The monoisotopic (exact) mass is 440 g/mol. The molecule has 6 heteroatoms. The molecule has 0 aliphatic heterocycles. The van der Waals surface area contributed by atoms with Gasteiger partial charge in [0.2, 0.25) is 5.78 Å². The zero-order valence-corrected chi connectivity index (χ0v) is 20.2. The second kappa shape index (κ2) is 13.2. The van der Waals surface area contributed by atoms with Crippen molar-refractivity contribution in [3.05, 3.63) is 22.6 Å². The number of hydrogen-bond acceptors (Lipinski definition) is 5. The number of carbonyl (C=O) groups is 2. The molecule has 3 unspecified atom stereocenters. The summed E-state index contributed by atoms with van der Waals surface area (Å²) in [6.45, 7) is 6.64. The Morgan fingerprint density at radius 3 is 2.47 bits per heavy atom. The molecule has 0 bridgehead atoms. The van der Waals surface area contributed by atoms with Crippen LogP contribution in [-0.2, 0) is 25.1 Å². The molecule has 1 N–H and O–H groups in total. The second-order valence-corrected chi connectivity index (χ2v) is 10.3. The van der Waals surface area contributed by atoms with E-state index >= 15 is 0 Å². The highest BCUT2D eigenvalue weighted by atomic mass is 32.2. The summed E-state index contributed by atoms with van der Waals surface area (Å²) in [5, 5.41) is 11.2. The fourth-order valence-corrected chi connectivity index (χ4v) is 4.54. The standard InChI is InChI=1S/C24H40O5S/c1-18(2)11-10-12-19(3)15-16-24(27)17-21(30(5)28)23(26)20(24)13-8-6-7-9-14-22(25)29-4/h13,17-19,27H,6-12,14-16H2,1-5H3. The lowest BCUT2D eigenvalue weighted by atomic mass is 9.86. The molecule has 0 aromatic carbocycles. The maximum Gasteiger partial charge on any atom is 0.305 e. The van der Waals surface area contributed by atoms with Gasteiger partial charge in [-0.2, -0.15) is 0 Å². The Morgan fingerprint density at radius 2 is 1.87 bits per heavy atom. The molecule has 5 nitrogen and oxygen atoms in total. The lowest BCUT2D eigenvalue weighted by Crippen LogP contribution is -2.28. The van der Waals surface area contributed by atoms with Crippen LogP contribution >= 0.6 is 0 Å². The van der Waals surface area contributed by atoms with Gasteiger partial charge in [0.05, 0.1) is 22.8 Å². The van der Waals surface area contributed by atoms with Crippen molar-refractivity contribution in [2.24, 2.45) is 11.8 Å². The predicted molar refractivity (Wildman–Crippen MR) is 122 cm³/mol. The maximum absolute atomic E-state index is 12.8. The number of esters is 1. The molecule has 0 spiro atoms. The van der Waals surface area contributed by atoms with E-state index < -0.39 is 16.4 Å². The number of ether oxygens (including phenoxy) is 1. The summed E-state index contributed by atoms with van der Waals surface area (Å²) in [6.07, 6.45) is 13.0. The van der Waals surface area contributed by atoms with E-state index in [-0.39, 0.29) is 16.7 Å². The summed E-state index contributed by atoms with van der Waals surface area (Å²) < 4.78 is 16.6. The van der Waals surface area contributed by atoms with Crippen LogP contribution in [0.4, 0.5) is 0 Å². The molecule has 0 aromatic heterocycles. The number of carbonyl (C=O) groups excluding carboxylic acids is 2. The number of allylic oxidation sites excluding steroid dienone is 2. The van der Waals surface area contributed by atoms with Gasteiger partial charge < -0.3 is 9.84 Å². The van der Waals surface area contributed by atoms with Gasteiger partial charge in [0.15, 0.2) is 0 Å². The minimum absolute atomic E-state index is 0.210. The number of aliphatic hydroxyl groups is 1. The van der Waals surface area contributed by atoms with Crippen molar-refractivity contribution in [1.82, 2.24) is 0 Å². The summed E-state index contributed by atoms with van der Waals surface area (Å²) >= 11 is 0. The van der Waals surface area contributed by atoms with Gasteiger partial charge in [0.25, 0.3) is 0 Å². The first-order valence-electron chi connectivity index (χ1n) is 11.2. The highest BCUT2D eigenvalue weighted by molar-refractivity contribution is 7.89. The quantitative estimate of drug-likeness (QED) is 0.237. The van der Waals surface area contributed by atoms with Crippen LogP contribution in [0, 0.1) is 11.8 Å². The van der Waals surface area contributed by atoms with E-state index in [0.717, 1.165) is 32.1 Å². The summed E-state index contributed by atoms with van der Waals surface area (Å²) in [6, 6.07) is 0. The van der Waals surface area contributed by atoms with Crippen molar-refractivity contribution in [1.29, 1.82) is 0 Å². The normalized spacial score (nSPS) is 22.4. The van der Waals surface area contributed by atoms with Crippen LogP contribution in [0.5, 0.6) is 0 Å². The second-order valence-electron chi connectivity index (χ2n) is 8.98. The van der Waals surface area contributed by atoms with Gasteiger partial charge in [0, 0.05) is 18.2 Å². The van der Waals surface area contributed by atoms with E-state index in [4.69, 9.17) is 0 Å². The molecule has 0 saturated carbocycles. The molecule has 0 aromatic rings. The lowest BCUT2D eigenvalue weighted by molar-refractivity contribution is -0.140. The van der Waals surface area contributed by atoms with Crippen molar-refractivity contribution in [2.45, 2.75) is 90.6 Å². The molecule has 1 aliphatic rings. The van der Waals surface area contributed by atoms with Crippen LogP contribution in [0.25, 0.3) is 0 Å². The molecular formula is C24H40O5S. The lowest BCUT2D eigenvalue weighted by Gasteiger charge is -2.24. The fourth-order valence-electron chi connectivity index (χ4n) is 3.80. The molecule has 172 valence electrons. The van der Waals surface area contributed by atoms with Crippen LogP contribution in [0.15, 0.2) is 22.6 Å². The van der Waals surface area contributed by atoms with Gasteiger partial charge in [-0.25, -0.2) is 0 Å². The smallest absolute Gasteiger partial charge is 0.305 e. The van der Waals surface area contributed by atoms with E-state index in [9.17, 15) is 18.9 Å². The Kier molecular flexibility index (Phi) is 11.8. The van der Waals surface area contributed by atoms with E-state index in [2.05, 4.69) is 25.5 Å². The van der Waals surface area contributed by atoms with Crippen molar-refractivity contribution < 1.29 is 23.6 Å². The van der Waals surface area contributed by atoms with Crippen molar-refractivity contribution in [3.63, 3.8) is 0 Å². The summed E-state index contributed by atoms with van der Waals surface area (Å²) in [5.41, 5.74) is -0.953. The zero-order chi connectivity index (χ0) is 22.7. The van der Waals surface area contributed by atoms with Crippen molar-refractivity contribution in [2.75, 3.05) is 13.4 Å². The van der Waals surface area contributed by atoms with E-state index in [1.54, 1.807) is 6.08 Å². The Labute approximate surface area is 184 Å². The average molecular weight is 441 g/mol. The Bertz CT molecular complexity index is 665. The largest absolute Gasteiger partial charge is 0.469 e. The number of ketones is 1. The van der Waals surface area contributed by atoms with Crippen LogP contribution < -0.4 is 0 Å². The number of unbranched alkanes of at least 4 members (excludes halogenated alkanes) is 3. The number of methoxy groups -OCH3 is 1. The molecule has 0 heterocycles. The van der Waals surface area contributed by atoms with Gasteiger partial charge in [-0.15, -0.1) is 0 Å². The topological polar surface area (TPSA) is 80.7 Å². The first-order valence-corrected chi connectivity index (χ1v) is 12.8. The minimum Gasteiger partial charge on any atom is -0.469 e. The fraction of sp³-hybridized carbons (Fsp3) is 0.750. The molecule has 0 amide bonds. The molecular weight excluding hydrogens is 400 g/mol. The van der Waals surface area contributed by atoms with Crippen LogP contribution in [0.1, 0.15) is 85.0 Å². The zero-order valence-electron chi connectivity index (χ0n) is 19.4. The van der Waals surface area contributed by atoms with Gasteiger partial charge in [0.1, 0.15) is 5.60 Å².